The molecule has 1 aromatic rings. The number of nitrogens with zero attached hydrogens (tertiary/aromatic N) is 2. The van der Waals surface area contributed by atoms with Gasteiger partial charge in [-0.25, -0.2) is 0 Å². The van der Waals surface area contributed by atoms with Gasteiger partial charge in [-0.05, 0) is 36.5 Å². The quantitative estimate of drug-likeness (QED) is 0.906. The Morgan fingerprint density at radius 2 is 1.92 bits per heavy atom. The van der Waals surface area contributed by atoms with Gasteiger partial charge in [-0.1, -0.05) is 19.1 Å². The Kier molecular flexibility index (Phi) is 5.06. The number of carbonyl (C=O) groups excluding carboxylic acids is 2. The smallest absolute Gasteiger partial charge is 0.308 e. The van der Waals surface area contributed by atoms with Crippen LogP contribution in [-0.2, 0) is 16.1 Å². The van der Waals surface area contributed by atoms with Gasteiger partial charge in [-0.3, -0.25) is 14.4 Å². The standard InChI is InChI=1S/C19H24N2O4/c1-13-9-16(19(24)25)12-21(10-13)18(23)15-6-4-14(5-7-15)11-20-8-2-3-17(20)22/h4-7,13,16H,2-3,8-12H2,1H3,(H,24,25). The number of hydrogen-bond acceptors (Lipinski definition) is 3. The van der Waals surface area contributed by atoms with Gasteiger partial charge >= 0.3 is 5.97 Å². The molecule has 3 rings (SSSR count). The molecule has 6 nitrogen and oxygen atoms in total. The summed E-state index contributed by atoms with van der Waals surface area (Å²) in [6.07, 6.45) is 2.14. The van der Waals surface area contributed by atoms with E-state index >= 15 is 0 Å². The maximum atomic E-state index is 12.7. The Balaban J connectivity index is 1.65. The van der Waals surface area contributed by atoms with Gasteiger partial charge in [-0.15, -0.1) is 0 Å². The van der Waals surface area contributed by atoms with E-state index in [1.807, 2.05) is 24.0 Å². The largest absolute Gasteiger partial charge is 0.481 e. The van der Waals surface area contributed by atoms with E-state index in [2.05, 4.69) is 0 Å². The Hall–Kier alpha value is -2.37. The van der Waals surface area contributed by atoms with Gasteiger partial charge in [-0.2, -0.15) is 0 Å². The normalized spacial score (nSPS) is 23.8. The van der Waals surface area contributed by atoms with Crippen molar-refractivity contribution in [2.24, 2.45) is 11.8 Å². The van der Waals surface area contributed by atoms with Crippen LogP contribution in [0.5, 0.6) is 0 Å². The lowest BCUT2D eigenvalue weighted by Gasteiger charge is -2.34. The molecule has 2 saturated heterocycles. The van der Waals surface area contributed by atoms with Crippen molar-refractivity contribution >= 4 is 17.8 Å². The van der Waals surface area contributed by atoms with Gasteiger partial charge in [0.2, 0.25) is 5.91 Å². The first-order valence-corrected chi connectivity index (χ1v) is 8.83. The van der Waals surface area contributed by atoms with Crippen molar-refractivity contribution in [3.8, 4) is 0 Å². The third-order valence-corrected chi connectivity index (χ3v) is 5.04. The van der Waals surface area contributed by atoms with Crippen molar-refractivity contribution < 1.29 is 19.5 Å². The number of carboxylic acids is 1. The molecule has 2 atom stereocenters. The first-order chi connectivity index (χ1) is 11.9. The van der Waals surface area contributed by atoms with E-state index in [9.17, 15) is 19.5 Å². The van der Waals surface area contributed by atoms with Crippen molar-refractivity contribution in [3.05, 3.63) is 35.4 Å². The van der Waals surface area contributed by atoms with E-state index in [0.717, 1.165) is 18.5 Å². The number of likely N-dealkylation sites (tertiary alicyclic amines) is 2. The maximum Gasteiger partial charge on any atom is 0.308 e. The number of carboxylic acid groups (broad SMARTS) is 1. The third kappa shape index (κ3) is 4.00. The molecule has 2 aliphatic rings. The molecule has 2 amide bonds. The lowest BCUT2D eigenvalue weighted by Crippen LogP contribution is -2.45. The number of amides is 2. The highest BCUT2D eigenvalue weighted by Crippen LogP contribution is 2.23. The van der Waals surface area contributed by atoms with Gasteiger partial charge in [0.05, 0.1) is 5.92 Å². The van der Waals surface area contributed by atoms with Crippen LogP contribution in [0.1, 0.15) is 42.1 Å². The van der Waals surface area contributed by atoms with E-state index < -0.39 is 11.9 Å². The van der Waals surface area contributed by atoms with E-state index in [1.54, 1.807) is 17.0 Å². The second-order valence-electron chi connectivity index (χ2n) is 7.20. The molecule has 2 fully saturated rings. The van der Waals surface area contributed by atoms with E-state index in [0.29, 0.717) is 31.5 Å². The molecule has 0 aromatic heterocycles. The summed E-state index contributed by atoms with van der Waals surface area (Å²) in [4.78, 5) is 39.1. The van der Waals surface area contributed by atoms with Crippen LogP contribution in [0.15, 0.2) is 24.3 Å². The van der Waals surface area contributed by atoms with Crippen LogP contribution < -0.4 is 0 Å². The molecule has 0 bridgehead atoms. The minimum Gasteiger partial charge on any atom is -0.481 e. The Bertz CT molecular complexity index is 671. The summed E-state index contributed by atoms with van der Waals surface area (Å²) in [6, 6.07) is 7.29. The van der Waals surface area contributed by atoms with Gasteiger partial charge in [0, 0.05) is 38.2 Å². The number of carbonyl (C=O) groups is 3. The van der Waals surface area contributed by atoms with Crippen molar-refractivity contribution in [2.45, 2.75) is 32.7 Å². The summed E-state index contributed by atoms with van der Waals surface area (Å²) in [5.41, 5.74) is 1.57. The van der Waals surface area contributed by atoms with Crippen molar-refractivity contribution in [3.63, 3.8) is 0 Å². The number of aliphatic carboxylic acids is 1. The lowest BCUT2D eigenvalue weighted by atomic mass is 9.90. The molecule has 134 valence electrons. The predicted molar refractivity (Wildman–Crippen MR) is 91.9 cm³/mol. The van der Waals surface area contributed by atoms with Crippen molar-refractivity contribution in [2.75, 3.05) is 19.6 Å². The molecule has 1 aromatic carbocycles. The summed E-state index contributed by atoms with van der Waals surface area (Å²) < 4.78 is 0. The summed E-state index contributed by atoms with van der Waals surface area (Å²) in [7, 11) is 0. The topological polar surface area (TPSA) is 77.9 Å². The predicted octanol–water partition coefficient (Wildman–Crippen LogP) is 1.99. The lowest BCUT2D eigenvalue weighted by molar-refractivity contribution is -0.143. The molecule has 1 N–H and O–H groups in total. The van der Waals surface area contributed by atoms with Crippen LogP contribution >= 0.6 is 0 Å². The van der Waals surface area contributed by atoms with Gasteiger partial charge in [0.25, 0.3) is 5.91 Å². The van der Waals surface area contributed by atoms with Crippen LogP contribution in [0.3, 0.4) is 0 Å². The number of benzene rings is 1. The fourth-order valence-corrected chi connectivity index (χ4v) is 3.72. The zero-order valence-electron chi connectivity index (χ0n) is 14.5. The Labute approximate surface area is 147 Å². The molecule has 2 unspecified atom stereocenters. The first-order valence-electron chi connectivity index (χ1n) is 8.83. The first kappa shape index (κ1) is 17.5. The molecule has 0 radical (unpaired) electrons. The maximum absolute atomic E-state index is 12.7. The molecule has 0 spiro atoms. The number of rotatable bonds is 4. The van der Waals surface area contributed by atoms with E-state index in [-0.39, 0.29) is 24.3 Å². The fourth-order valence-electron chi connectivity index (χ4n) is 3.72. The highest BCUT2D eigenvalue weighted by Gasteiger charge is 2.32. The molecular formula is C19H24N2O4. The zero-order valence-corrected chi connectivity index (χ0v) is 14.5. The SMILES string of the molecule is CC1CC(C(=O)O)CN(C(=O)c2ccc(CN3CCCC3=O)cc2)C1. The molecule has 25 heavy (non-hydrogen) atoms. The molecule has 2 aliphatic heterocycles. The number of piperidine rings is 1. The molecular weight excluding hydrogens is 320 g/mol. The molecule has 0 saturated carbocycles. The van der Waals surface area contributed by atoms with Crippen molar-refractivity contribution in [1.82, 2.24) is 9.80 Å². The molecule has 6 heteroatoms. The summed E-state index contributed by atoms with van der Waals surface area (Å²) >= 11 is 0. The average Bonchev–Trinajstić information content (AvgIpc) is 2.99. The number of hydrogen-bond donors (Lipinski definition) is 1. The highest BCUT2D eigenvalue weighted by molar-refractivity contribution is 5.94. The van der Waals surface area contributed by atoms with Gasteiger partial charge in [0.1, 0.15) is 0 Å². The minimum absolute atomic E-state index is 0.124. The zero-order chi connectivity index (χ0) is 18.0. The van der Waals surface area contributed by atoms with Crippen LogP contribution in [0.25, 0.3) is 0 Å². The molecule has 0 aliphatic carbocycles. The Morgan fingerprint density at radius 1 is 1.20 bits per heavy atom. The fraction of sp³-hybridized carbons (Fsp3) is 0.526. The van der Waals surface area contributed by atoms with Crippen LogP contribution in [-0.4, -0.2) is 52.3 Å². The van der Waals surface area contributed by atoms with Gasteiger partial charge < -0.3 is 14.9 Å². The monoisotopic (exact) mass is 344 g/mol. The van der Waals surface area contributed by atoms with E-state index in [1.165, 1.54) is 0 Å². The summed E-state index contributed by atoms with van der Waals surface area (Å²) in [5, 5.41) is 9.25. The second-order valence-corrected chi connectivity index (χ2v) is 7.20. The van der Waals surface area contributed by atoms with Crippen molar-refractivity contribution in [1.29, 1.82) is 0 Å². The minimum atomic E-state index is -0.838. The Morgan fingerprint density at radius 3 is 2.52 bits per heavy atom. The summed E-state index contributed by atoms with van der Waals surface area (Å²) in [6.45, 7) is 4.21. The summed E-state index contributed by atoms with van der Waals surface area (Å²) in [5.74, 6) is -1.09. The second kappa shape index (κ2) is 7.25. The third-order valence-electron chi connectivity index (χ3n) is 5.04. The van der Waals surface area contributed by atoms with E-state index in [4.69, 9.17) is 0 Å². The van der Waals surface area contributed by atoms with Gasteiger partial charge in [0.15, 0.2) is 0 Å². The van der Waals surface area contributed by atoms with Crippen LogP contribution in [0.2, 0.25) is 0 Å². The van der Waals surface area contributed by atoms with Crippen LogP contribution in [0, 0.1) is 11.8 Å². The average molecular weight is 344 g/mol. The molecule has 2 heterocycles. The van der Waals surface area contributed by atoms with Crippen LogP contribution in [0.4, 0.5) is 0 Å². The highest BCUT2D eigenvalue weighted by atomic mass is 16.4.